The van der Waals surface area contributed by atoms with Crippen LogP contribution in [0.15, 0.2) is 28.7 Å². The lowest BCUT2D eigenvalue weighted by Crippen LogP contribution is -2.23. The first-order valence-corrected chi connectivity index (χ1v) is 5.92. The maximum atomic E-state index is 13.6. The van der Waals surface area contributed by atoms with E-state index in [4.69, 9.17) is 4.42 Å². The van der Waals surface area contributed by atoms with Crippen molar-refractivity contribution in [1.82, 2.24) is 5.32 Å². The molecule has 19 heavy (non-hydrogen) atoms. The zero-order valence-corrected chi connectivity index (χ0v) is 10.6. The lowest BCUT2D eigenvalue weighted by Gasteiger charge is -2.07. The van der Waals surface area contributed by atoms with Crippen molar-refractivity contribution in [2.24, 2.45) is 0 Å². The van der Waals surface area contributed by atoms with Gasteiger partial charge in [0.25, 0.3) is 0 Å². The first-order chi connectivity index (χ1) is 9.01. The zero-order valence-electron chi connectivity index (χ0n) is 10.6. The molecule has 1 unspecified atom stereocenters. The Morgan fingerprint density at radius 2 is 1.79 bits per heavy atom. The molecule has 0 amide bonds. The van der Waals surface area contributed by atoms with Gasteiger partial charge in [-0.1, -0.05) is 0 Å². The summed E-state index contributed by atoms with van der Waals surface area (Å²) in [5.74, 6) is -2.22. The molecule has 2 rings (SSSR count). The van der Waals surface area contributed by atoms with Gasteiger partial charge in [0, 0.05) is 24.6 Å². The number of likely N-dealkylation sites (N-methyl/N-ethyl adjacent to an activating group) is 1. The highest BCUT2D eigenvalue weighted by atomic mass is 19.1. The lowest BCUT2D eigenvalue weighted by molar-refractivity contribution is 0.473. The summed E-state index contributed by atoms with van der Waals surface area (Å²) in [6, 6.07) is 4.60. The Labute approximate surface area is 109 Å². The second-order valence-corrected chi connectivity index (χ2v) is 4.40. The molecule has 102 valence electrons. The summed E-state index contributed by atoms with van der Waals surface area (Å²) in [6.45, 7) is 1.96. The highest BCUT2D eigenvalue weighted by molar-refractivity contribution is 5.59. The fourth-order valence-electron chi connectivity index (χ4n) is 1.80. The summed E-state index contributed by atoms with van der Waals surface area (Å²) in [7, 11) is 1.81. The van der Waals surface area contributed by atoms with E-state index in [0.29, 0.717) is 24.3 Å². The maximum absolute atomic E-state index is 13.6. The van der Waals surface area contributed by atoms with E-state index in [9.17, 15) is 13.2 Å². The first-order valence-electron chi connectivity index (χ1n) is 5.92. The quantitative estimate of drug-likeness (QED) is 0.918. The van der Waals surface area contributed by atoms with Gasteiger partial charge in [-0.15, -0.1) is 0 Å². The van der Waals surface area contributed by atoms with Crippen LogP contribution in [-0.2, 0) is 6.42 Å². The zero-order chi connectivity index (χ0) is 14.0. The molecular formula is C14H14F3NO. The Morgan fingerprint density at radius 1 is 1.16 bits per heavy atom. The van der Waals surface area contributed by atoms with E-state index in [1.54, 1.807) is 6.07 Å². The van der Waals surface area contributed by atoms with Gasteiger partial charge in [0.15, 0.2) is 0 Å². The van der Waals surface area contributed by atoms with Crippen LogP contribution in [0.3, 0.4) is 0 Å². The van der Waals surface area contributed by atoms with E-state index in [1.165, 1.54) is 6.07 Å². The van der Waals surface area contributed by atoms with Gasteiger partial charge in [0.1, 0.15) is 29.0 Å². The summed E-state index contributed by atoms with van der Waals surface area (Å²) in [5, 5.41) is 3.03. The van der Waals surface area contributed by atoms with Gasteiger partial charge >= 0.3 is 0 Å². The summed E-state index contributed by atoms with van der Waals surface area (Å²) in [6.07, 6.45) is 0.598. The third-order valence-corrected chi connectivity index (χ3v) is 2.92. The van der Waals surface area contributed by atoms with E-state index >= 15 is 0 Å². The first kappa shape index (κ1) is 13.7. The van der Waals surface area contributed by atoms with E-state index < -0.39 is 17.5 Å². The lowest BCUT2D eigenvalue weighted by atomic mass is 10.1. The van der Waals surface area contributed by atoms with Crippen molar-refractivity contribution in [2.45, 2.75) is 19.4 Å². The summed E-state index contributed by atoms with van der Waals surface area (Å²) in [5.41, 5.74) is -0.343. The van der Waals surface area contributed by atoms with Gasteiger partial charge in [0.05, 0.1) is 5.56 Å². The number of hydrogen-bond donors (Lipinski definition) is 1. The van der Waals surface area contributed by atoms with Crippen molar-refractivity contribution in [3.63, 3.8) is 0 Å². The van der Waals surface area contributed by atoms with Gasteiger partial charge in [0.2, 0.25) is 0 Å². The molecule has 0 saturated heterocycles. The number of benzene rings is 1. The number of hydrogen-bond acceptors (Lipinski definition) is 2. The molecule has 1 heterocycles. The second-order valence-electron chi connectivity index (χ2n) is 4.40. The van der Waals surface area contributed by atoms with E-state index in [-0.39, 0.29) is 17.4 Å². The Balaban J connectivity index is 2.33. The predicted octanol–water partition coefficient (Wildman–Crippen LogP) is 3.51. The Kier molecular flexibility index (Phi) is 3.95. The molecule has 0 bridgehead atoms. The molecule has 0 saturated carbocycles. The van der Waals surface area contributed by atoms with Gasteiger partial charge in [-0.05, 0) is 26.1 Å². The van der Waals surface area contributed by atoms with Gasteiger partial charge in [-0.25, -0.2) is 13.2 Å². The number of furan rings is 1. The largest absolute Gasteiger partial charge is 0.461 e. The standard InChI is InChI=1S/C14H14F3NO/c1-8(18-2)5-10-3-4-13(19-10)14-11(16)6-9(15)7-12(14)17/h3-4,6-8,18H,5H2,1-2H3. The van der Waals surface area contributed by atoms with Crippen LogP contribution in [0.1, 0.15) is 12.7 Å². The van der Waals surface area contributed by atoms with Crippen molar-refractivity contribution in [1.29, 1.82) is 0 Å². The molecule has 1 aromatic heterocycles. The minimum atomic E-state index is -0.972. The molecule has 0 radical (unpaired) electrons. The second kappa shape index (κ2) is 5.48. The molecule has 0 aliphatic carbocycles. The van der Waals surface area contributed by atoms with Crippen LogP contribution < -0.4 is 5.32 Å². The molecule has 1 N–H and O–H groups in total. The van der Waals surface area contributed by atoms with Crippen molar-refractivity contribution < 1.29 is 17.6 Å². The molecule has 2 nitrogen and oxygen atoms in total. The maximum Gasteiger partial charge on any atom is 0.140 e. The molecule has 0 fully saturated rings. The third kappa shape index (κ3) is 2.98. The average molecular weight is 269 g/mol. The van der Waals surface area contributed by atoms with Gasteiger partial charge < -0.3 is 9.73 Å². The number of nitrogens with one attached hydrogen (secondary N) is 1. The van der Waals surface area contributed by atoms with Crippen molar-refractivity contribution in [3.05, 3.63) is 47.5 Å². The van der Waals surface area contributed by atoms with E-state index in [2.05, 4.69) is 5.32 Å². The fraction of sp³-hybridized carbons (Fsp3) is 0.286. The molecule has 2 aromatic rings. The minimum Gasteiger partial charge on any atom is -0.461 e. The molecule has 0 aliphatic heterocycles. The Hall–Kier alpha value is -1.75. The third-order valence-electron chi connectivity index (χ3n) is 2.92. The van der Waals surface area contributed by atoms with E-state index in [1.807, 2.05) is 14.0 Å². The fourth-order valence-corrected chi connectivity index (χ4v) is 1.80. The highest BCUT2D eigenvalue weighted by Gasteiger charge is 2.17. The molecule has 0 spiro atoms. The van der Waals surface area contributed by atoms with Crippen LogP contribution in [0.5, 0.6) is 0 Å². The van der Waals surface area contributed by atoms with Crippen LogP contribution in [0.25, 0.3) is 11.3 Å². The van der Waals surface area contributed by atoms with Gasteiger partial charge in [-0.3, -0.25) is 0 Å². The average Bonchev–Trinajstić information content (AvgIpc) is 2.75. The normalized spacial score (nSPS) is 12.7. The Bertz CT molecular complexity index is 557. The van der Waals surface area contributed by atoms with Crippen molar-refractivity contribution in [3.8, 4) is 11.3 Å². The minimum absolute atomic E-state index is 0.0632. The van der Waals surface area contributed by atoms with Crippen LogP contribution in [0.4, 0.5) is 13.2 Å². The van der Waals surface area contributed by atoms with Crippen LogP contribution in [0, 0.1) is 17.5 Å². The molecule has 1 aromatic carbocycles. The topological polar surface area (TPSA) is 25.2 Å². The molecule has 1 atom stereocenters. The summed E-state index contributed by atoms with van der Waals surface area (Å²) < 4.78 is 45.4. The number of halogens is 3. The van der Waals surface area contributed by atoms with Crippen LogP contribution in [-0.4, -0.2) is 13.1 Å². The van der Waals surface area contributed by atoms with Crippen LogP contribution >= 0.6 is 0 Å². The van der Waals surface area contributed by atoms with Crippen molar-refractivity contribution in [2.75, 3.05) is 7.05 Å². The van der Waals surface area contributed by atoms with Crippen molar-refractivity contribution >= 4 is 0 Å². The molecule has 0 aliphatic rings. The molecular weight excluding hydrogens is 255 g/mol. The number of rotatable bonds is 4. The van der Waals surface area contributed by atoms with E-state index in [0.717, 1.165) is 0 Å². The monoisotopic (exact) mass is 269 g/mol. The predicted molar refractivity (Wildman–Crippen MR) is 66.2 cm³/mol. The smallest absolute Gasteiger partial charge is 0.140 e. The summed E-state index contributed by atoms with van der Waals surface area (Å²) in [4.78, 5) is 0. The SMILES string of the molecule is CNC(C)Cc1ccc(-c2c(F)cc(F)cc2F)o1. The Morgan fingerprint density at radius 3 is 2.37 bits per heavy atom. The highest BCUT2D eigenvalue weighted by Crippen LogP contribution is 2.28. The van der Waals surface area contributed by atoms with Gasteiger partial charge in [-0.2, -0.15) is 0 Å². The summed E-state index contributed by atoms with van der Waals surface area (Å²) >= 11 is 0. The van der Waals surface area contributed by atoms with Crippen LogP contribution in [0.2, 0.25) is 0 Å². The molecule has 5 heteroatoms.